The SMILES string of the molecule is C#CCOc1ccc(Br)cc1/C=N\NC(=O)c1ccccc1C. The lowest BCUT2D eigenvalue weighted by molar-refractivity contribution is 0.0954. The summed E-state index contributed by atoms with van der Waals surface area (Å²) in [6.45, 7) is 2.04. The molecule has 23 heavy (non-hydrogen) atoms. The van der Waals surface area contributed by atoms with Gasteiger partial charge in [0.2, 0.25) is 0 Å². The van der Waals surface area contributed by atoms with Crippen molar-refractivity contribution in [1.82, 2.24) is 5.43 Å². The van der Waals surface area contributed by atoms with Crippen LogP contribution in [0.25, 0.3) is 0 Å². The quantitative estimate of drug-likeness (QED) is 0.497. The highest BCUT2D eigenvalue weighted by molar-refractivity contribution is 9.10. The van der Waals surface area contributed by atoms with Gasteiger partial charge in [-0.3, -0.25) is 4.79 Å². The first-order valence-electron chi connectivity index (χ1n) is 6.86. The number of benzene rings is 2. The van der Waals surface area contributed by atoms with Crippen LogP contribution in [0.2, 0.25) is 0 Å². The minimum Gasteiger partial charge on any atom is -0.480 e. The lowest BCUT2D eigenvalue weighted by Crippen LogP contribution is -2.18. The van der Waals surface area contributed by atoms with E-state index in [9.17, 15) is 4.79 Å². The molecular weight excluding hydrogens is 356 g/mol. The molecule has 2 aromatic rings. The number of carbonyl (C=O) groups excluding carboxylic acids is 1. The molecule has 0 spiro atoms. The molecule has 1 N–H and O–H groups in total. The number of hydrogen-bond donors (Lipinski definition) is 1. The number of rotatable bonds is 5. The minimum atomic E-state index is -0.263. The van der Waals surface area contributed by atoms with Crippen molar-refractivity contribution in [2.24, 2.45) is 5.10 Å². The average molecular weight is 371 g/mol. The van der Waals surface area contributed by atoms with E-state index in [0.717, 1.165) is 10.0 Å². The molecule has 0 aliphatic rings. The largest absolute Gasteiger partial charge is 0.480 e. The van der Waals surface area contributed by atoms with Gasteiger partial charge in [-0.25, -0.2) is 5.43 Å². The third-order valence-corrected chi connectivity index (χ3v) is 3.54. The topological polar surface area (TPSA) is 50.7 Å². The summed E-state index contributed by atoms with van der Waals surface area (Å²) in [6, 6.07) is 12.8. The Hall–Kier alpha value is -2.58. The van der Waals surface area contributed by atoms with Crippen molar-refractivity contribution in [2.75, 3.05) is 6.61 Å². The van der Waals surface area contributed by atoms with E-state index in [1.807, 2.05) is 37.3 Å². The van der Waals surface area contributed by atoms with Gasteiger partial charge in [0.1, 0.15) is 12.4 Å². The number of ether oxygens (including phenoxy) is 1. The fraction of sp³-hybridized carbons (Fsp3) is 0.111. The highest BCUT2D eigenvalue weighted by Gasteiger charge is 2.07. The first-order valence-corrected chi connectivity index (χ1v) is 7.66. The first-order chi connectivity index (χ1) is 11.1. The monoisotopic (exact) mass is 370 g/mol. The Kier molecular flexibility index (Phi) is 5.95. The molecule has 0 aliphatic heterocycles. The Labute approximate surface area is 143 Å². The number of nitrogens with zero attached hydrogens (tertiary/aromatic N) is 1. The Balaban J connectivity index is 2.11. The van der Waals surface area contributed by atoms with Gasteiger partial charge in [0.05, 0.1) is 6.21 Å². The molecule has 2 rings (SSSR count). The second kappa shape index (κ2) is 8.16. The molecule has 0 radical (unpaired) electrons. The van der Waals surface area contributed by atoms with Crippen LogP contribution in [0.15, 0.2) is 52.0 Å². The first kappa shape index (κ1) is 16.8. The van der Waals surface area contributed by atoms with Crippen molar-refractivity contribution in [1.29, 1.82) is 0 Å². The number of hydrogen-bond acceptors (Lipinski definition) is 3. The standard InChI is InChI=1S/C18H15BrN2O2/c1-3-10-23-17-9-8-15(19)11-14(17)12-20-21-18(22)16-7-5-4-6-13(16)2/h1,4-9,11-12H,10H2,2H3,(H,21,22)/b20-12-. The number of carbonyl (C=O) groups is 1. The summed E-state index contributed by atoms with van der Waals surface area (Å²) in [7, 11) is 0. The molecular formula is C18H15BrN2O2. The summed E-state index contributed by atoms with van der Waals surface area (Å²) in [6.07, 6.45) is 6.72. The zero-order valence-corrected chi connectivity index (χ0v) is 14.1. The highest BCUT2D eigenvalue weighted by atomic mass is 79.9. The highest BCUT2D eigenvalue weighted by Crippen LogP contribution is 2.21. The Bertz CT molecular complexity index is 779. The maximum Gasteiger partial charge on any atom is 0.271 e. The zero-order valence-electron chi connectivity index (χ0n) is 12.5. The summed E-state index contributed by atoms with van der Waals surface area (Å²) in [5.41, 5.74) is 4.69. The molecule has 0 aliphatic carbocycles. The molecule has 0 unspecified atom stereocenters. The normalized spacial score (nSPS) is 10.3. The molecule has 5 heteroatoms. The molecule has 0 atom stereocenters. The average Bonchev–Trinajstić information content (AvgIpc) is 2.54. The Morgan fingerprint density at radius 2 is 2.17 bits per heavy atom. The van der Waals surface area contributed by atoms with E-state index in [0.29, 0.717) is 16.9 Å². The molecule has 116 valence electrons. The van der Waals surface area contributed by atoms with E-state index >= 15 is 0 Å². The van der Waals surface area contributed by atoms with Crippen molar-refractivity contribution in [2.45, 2.75) is 6.92 Å². The lowest BCUT2D eigenvalue weighted by atomic mass is 10.1. The van der Waals surface area contributed by atoms with Gasteiger partial charge >= 0.3 is 0 Å². The van der Waals surface area contributed by atoms with Gasteiger partial charge < -0.3 is 4.74 Å². The van der Waals surface area contributed by atoms with Crippen LogP contribution in [0.5, 0.6) is 5.75 Å². The number of hydrazone groups is 1. The summed E-state index contributed by atoms with van der Waals surface area (Å²) in [5, 5.41) is 3.99. The van der Waals surface area contributed by atoms with E-state index in [-0.39, 0.29) is 12.5 Å². The van der Waals surface area contributed by atoms with Crippen molar-refractivity contribution in [3.05, 3.63) is 63.6 Å². The molecule has 0 saturated carbocycles. The van der Waals surface area contributed by atoms with Crippen LogP contribution in [0.1, 0.15) is 21.5 Å². The summed E-state index contributed by atoms with van der Waals surface area (Å²) < 4.78 is 6.31. The second-order valence-corrected chi connectivity index (χ2v) is 5.60. The fourth-order valence-corrected chi connectivity index (χ4v) is 2.30. The minimum absolute atomic E-state index is 0.165. The maximum atomic E-state index is 12.1. The van der Waals surface area contributed by atoms with Gasteiger partial charge in [0.25, 0.3) is 5.91 Å². The molecule has 0 fully saturated rings. The van der Waals surface area contributed by atoms with E-state index < -0.39 is 0 Å². The Morgan fingerprint density at radius 1 is 1.39 bits per heavy atom. The van der Waals surface area contributed by atoms with Crippen molar-refractivity contribution < 1.29 is 9.53 Å². The lowest BCUT2D eigenvalue weighted by Gasteiger charge is -2.07. The van der Waals surface area contributed by atoms with Crippen LogP contribution in [-0.2, 0) is 0 Å². The van der Waals surface area contributed by atoms with Crippen LogP contribution < -0.4 is 10.2 Å². The van der Waals surface area contributed by atoms with Gasteiger partial charge in [-0.1, -0.05) is 40.0 Å². The maximum absolute atomic E-state index is 12.1. The van der Waals surface area contributed by atoms with Gasteiger partial charge in [-0.05, 0) is 36.8 Å². The summed E-state index contributed by atoms with van der Waals surface area (Å²) in [4.78, 5) is 12.1. The van der Waals surface area contributed by atoms with E-state index in [2.05, 4.69) is 32.4 Å². The predicted octanol–water partition coefficient (Wildman–Crippen LogP) is 3.53. The number of nitrogens with one attached hydrogen (secondary N) is 1. The van der Waals surface area contributed by atoms with Gasteiger partial charge in [-0.2, -0.15) is 5.10 Å². The number of aryl methyl sites for hydroxylation is 1. The number of terminal acetylenes is 1. The van der Waals surface area contributed by atoms with Crippen LogP contribution in [0, 0.1) is 19.3 Å². The number of amides is 1. The smallest absolute Gasteiger partial charge is 0.271 e. The van der Waals surface area contributed by atoms with E-state index in [1.165, 1.54) is 6.21 Å². The van der Waals surface area contributed by atoms with Gasteiger partial charge in [-0.15, -0.1) is 6.42 Å². The summed E-state index contributed by atoms with van der Waals surface area (Å²) >= 11 is 3.39. The van der Waals surface area contributed by atoms with Crippen LogP contribution in [-0.4, -0.2) is 18.7 Å². The van der Waals surface area contributed by atoms with E-state index in [1.54, 1.807) is 12.1 Å². The molecule has 0 aromatic heterocycles. The Morgan fingerprint density at radius 3 is 2.91 bits per heavy atom. The third-order valence-electron chi connectivity index (χ3n) is 3.04. The van der Waals surface area contributed by atoms with Gasteiger partial charge in [0, 0.05) is 15.6 Å². The summed E-state index contributed by atoms with van der Waals surface area (Å²) in [5.74, 6) is 2.75. The predicted molar refractivity (Wildman–Crippen MR) is 94.7 cm³/mol. The molecule has 1 amide bonds. The van der Waals surface area contributed by atoms with E-state index in [4.69, 9.17) is 11.2 Å². The van der Waals surface area contributed by atoms with Crippen LogP contribution in [0.3, 0.4) is 0 Å². The zero-order chi connectivity index (χ0) is 16.7. The molecule has 0 heterocycles. The van der Waals surface area contributed by atoms with Crippen LogP contribution >= 0.6 is 15.9 Å². The number of halogens is 1. The van der Waals surface area contributed by atoms with Gasteiger partial charge in [0.15, 0.2) is 0 Å². The van der Waals surface area contributed by atoms with Crippen molar-refractivity contribution in [3.63, 3.8) is 0 Å². The third kappa shape index (κ3) is 4.70. The molecule has 0 saturated heterocycles. The molecule has 2 aromatic carbocycles. The molecule has 4 nitrogen and oxygen atoms in total. The van der Waals surface area contributed by atoms with Crippen LogP contribution in [0.4, 0.5) is 0 Å². The van der Waals surface area contributed by atoms with Crippen molar-refractivity contribution >= 4 is 28.1 Å². The second-order valence-electron chi connectivity index (χ2n) is 4.69. The molecule has 0 bridgehead atoms. The van der Waals surface area contributed by atoms with Crippen molar-refractivity contribution in [3.8, 4) is 18.1 Å². The fourth-order valence-electron chi connectivity index (χ4n) is 1.92.